The van der Waals surface area contributed by atoms with Crippen molar-refractivity contribution in [2.24, 2.45) is 0 Å². The molecule has 136 valence electrons. The molecule has 0 bridgehead atoms. The third-order valence-corrected chi connectivity index (χ3v) is 5.52. The molecule has 1 amide bonds. The van der Waals surface area contributed by atoms with Crippen molar-refractivity contribution in [3.05, 3.63) is 53.2 Å². The number of sulfone groups is 1. The summed E-state index contributed by atoms with van der Waals surface area (Å²) in [4.78, 5) is 12.5. The van der Waals surface area contributed by atoms with E-state index in [4.69, 9.17) is 11.6 Å². The zero-order chi connectivity index (χ0) is 18.9. The van der Waals surface area contributed by atoms with E-state index in [1.165, 1.54) is 12.3 Å². The van der Waals surface area contributed by atoms with E-state index in [1.54, 1.807) is 28.9 Å². The van der Waals surface area contributed by atoms with Crippen LogP contribution in [0.2, 0.25) is 5.02 Å². The van der Waals surface area contributed by atoms with E-state index in [1.807, 2.05) is 13.0 Å². The van der Waals surface area contributed by atoms with Gasteiger partial charge in [0.05, 0.1) is 23.0 Å². The molecule has 26 heavy (non-hydrogen) atoms. The van der Waals surface area contributed by atoms with Gasteiger partial charge in [0.25, 0.3) is 0 Å². The second kappa shape index (κ2) is 7.09. The predicted molar refractivity (Wildman–Crippen MR) is 102 cm³/mol. The predicted octanol–water partition coefficient (Wildman–Crippen LogP) is 3.29. The van der Waals surface area contributed by atoms with E-state index in [9.17, 15) is 13.2 Å². The quantitative estimate of drug-likeness (QED) is 0.723. The van der Waals surface area contributed by atoms with Crippen LogP contribution in [0, 0.1) is 0 Å². The maximum Gasteiger partial charge on any atom is 0.228 e. The summed E-state index contributed by atoms with van der Waals surface area (Å²) in [5.41, 5.74) is 1.77. The maximum absolute atomic E-state index is 12.4. The van der Waals surface area contributed by atoms with Gasteiger partial charge in [-0.05, 0) is 30.7 Å². The molecule has 8 heteroatoms. The first-order valence-electron chi connectivity index (χ1n) is 8.02. The molecule has 1 aromatic heterocycles. The number of fused-ring (bicyclic) bond motifs is 1. The van der Waals surface area contributed by atoms with Gasteiger partial charge in [0.15, 0.2) is 9.84 Å². The molecular weight excluding hydrogens is 374 g/mol. The highest BCUT2D eigenvalue weighted by atomic mass is 35.5. The van der Waals surface area contributed by atoms with Crippen molar-refractivity contribution in [2.75, 3.05) is 11.6 Å². The average molecular weight is 392 g/mol. The van der Waals surface area contributed by atoms with Crippen molar-refractivity contribution in [1.82, 2.24) is 9.78 Å². The number of nitrogens with zero attached hydrogens (tertiary/aromatic N) is 2. The number of halogens is 1. The van der Waals surface area contributed by atoms with Crippen molar-refractivity contribution in [2.45, 2.75) is 24.8 Å². The molecule has 0 fully saturated rings. The molecule has 2 aromatic carbocycles. The van der Waals surface area contributed by atoms with Crippen LogP contribution in [0.1, 0.15) is 12.5 Å². The molecule has 6 nitrogen and oxygen atoms in total. The SMILES string of the molecule is CCn1ncc2c(S(C)(=O)=O)cc(NC(=O)Cc3ccccc3Cl)cc21. The molecule has 0 aliphatic heterocycles. The molecule has 0 aliphatic carbocycles. The lowest BCUT2D eigenvalue weighted by Gasteiger charge is -2.10. The number of carbonyl (C=O) groups is 1. The number of anilines is 1. The number of hydrogen-bond acceptors (Lipinski definition) is 4. The molecule has 0 unspecified atom stereocenters. The van der Waals surface area contributed by atoms with Crippen molar-refractivity contribution in [3.63, 3.8) is 0 Å². The largest absolute Gasteiger partial charge is 0.326 e. The van der Waals surface area contributed by atoms with Gasteiger partial charge < -0.3 is 5.32 Å². The van der Waals surface area contributed by atoms with Crippen LogP contribution in [-0.2, 0) is 27.6 Å². The fourth-order valence-electron chi connectivity index (χ4n) is 2.80. The van der Waals surface area contributed by atoms with Crippen LogP contribution < -0.4 is 5.32 Å². The molecular formula is C18H18ClN3O3S. The number of aryl methyl sites for hydroxylation is 1. The minimum Gasteiger partial charge on any atom is -0.326 e. The summed E-state index contributed by atoms with van der Waals surface area (Å²) in [6.45, 7) is 2.50. The van der Waals surface area contributed by atoms with Crippen LogP contribution in [-0.4, -0.2) is 30.4 Å². The van der Waals surface area contributed by atoms with Crippen molar-refractivity contribution < 1.29 is 13.2 Å². The molecule has 3 aromatic rings. The minimum absolute atomic E-state index is 0.0962. The summed E-state index contributed by atoms with van der Waals surface area (Å²) in [5, 5.41) is 8.02. The van der Waals surface area contributed by atoms with E-state index in [0.717, 1.165) is 6.26 Å². The monoisotopic (exact) mass is 391 g/mol. The zero-order valence-electron chi connectivity index (χ0n) is 14.4. The Bertz CT molecular complexity index is 1090. The van der Waals surface area contributed by atoms with Gasteiger partial charge in [0, 0.05) is 28.9 Å². The van der Waals surface area contributed by atoms with E-state index in [2.05, 4.69) is 10.4 Å². The van der Waals surface area contributed by atoms with Crippen LogP contribution in [0.15, 0.2) is 47.5 Å². The Balaban J connectivity index is 1.97. The molecule has 0 atom stereocenters. The smallest absolute Gasteiger partial charge is 0.228 e. The molecule has 3 rings (SSSR count). The molecule has 0 saturated heterocycles. The number of aromatic nitrogens is 2. The second-order valence-corrected chi connectivity index (χ2v) is 8.35. The zero-order valence-corrected chi connectivity index (χ0v) is 15.9. The van der Waals surface area contributed by atoms with Crippen LogP contribution in [0.5, 0.6) is 0 Å². The standard InChI is InChI=1S/C18H18ClN3O3S/c1-3-22-16-9-13(10-17(26(2,24)25)14(16)11-20-22)21-18(23)8-12-6-4-5-7-15(12)19/h4-7,9-11H,3,8H2,1-2H3,(H,21,23). The van der Waals surface area contributed by atoms with E-state index in [-0.39, 0.29) is 17.2 Å². The Kier molecular flexibility index (Phi) is 5.02. The first kappa shape index (κ1) is 18.4. The molecule has 1 N–H and O–H groups in total. The summed E-state index contributed by atoms with van der Waals surface area (Å²) < 4.78 is 26.0. The molecule has 0 radical (unpaired) electrons. The number of carbonyl (C=O) groups excluding carboxylic acids is 1. The average Bonchev–Trinajstić information content (AvgIpc) is 2.98. The number of benzene rings is 2. The third-order valence-electron chi connectivity index (χ3n) is 4.02. The summed E-state index contributed by atoms with van der Waals surface area (Å²) >= 11 is 6.09. The number of amides is 1. The number of nitrogens with one attached hydrogen (secondary N) is 1. The van der Waals surface area contributed by atoms with Gasteiger partial charge in [-0.25, -0.2) is 8.42 Å². The third kappa shape index (κ3) is 3.73. The van der Waals surface area contributed by atoms with E-state index >= 15 is 0 Å². The summed E-state index contributed by atoms with van der Waals surface area (Å²) in [6, 6.07) is 10.3. The topological polar surface area (TPSA) is 81.1 Å². The summed E-state index contributed by atoms with van der Waals surface area (Å²) in [7, 11) is -3.47. The molecule has 0 aliphatic rings. The lowest BCUT2D eigenvalue weighted by molar-refractivity contribution is -0.115. The van der Waals surface area contributed by atoms with Gasteiger partial charge in [0.1, 0.15) is 0 Å². The Morgan fingerprint density at radius 2 is 2.00 bits per heavy atom. The van der Waals surface area contributed by atoms with Gasteiger partial charge in [0.2, 0.25) is 5.91 Å². The summed E-state index contributed by atoms with van der Waals surface area (Å²) in [5.74, 6) is -0.278. The fraction of sp³-hybridized carbons (Fsp3) is 0.222. The molecule has 0 spiro atoms. The van der Waals surface area contributed by atoms with E-state index in [0.29, 0.717) is 33.7 Å². The van der Waals surface area contributed by atoms with Gasteiger partial charge in [-0.1, -0.05) is 29.8 Å². The Hall–Kier alpha value is -2.38. The van der Waals surface area contributed by atoms with Crippen LogP contribution in [0.3, 0.4) is 0 Å². The summed E-state index contributed by atoms with van der Waals surface area (Å²) in [6.07, 6.45) is 2.77. The molecule has 1 heterocycles. The van der Waals surface area contributed by atoms with Crippen molar-refractivity contribution in [3.8, 4) is 0 Å². The van der Waals surface area contributed by atoms with Gasteiger partial charge in [-0.15, -0.1) is 0 Å². The first-order valence-corrected chi connectivity index (χ1v) is 10.3. The van der Waals surface area contributed by atoms with Crippen molar-refractivity contribution in [1.29, 1.82) is 0 Å². The normalized spacial score (nSPS) is 11.7. The van der Waals surface area contributed by atoms with Crippen LogP contribution >= 0.6 is 11.6 Å². The lowest BCUT2D eigenvalue weighted by Crippen LogP contribution is -2.15. The Morgan fingerprint density at radius 1 is 1.27 bits per heavy atom. The lowest BCUT2D eigenvalue weighted by atomic mass is 10.1. The van der Waals surface area contributed by atoms with Crippen LogP contribution in [0.25, 0.3) is 10.9 Å². The van der Waals surface area contributed by atoms with Gasteiger partial charge in [-0.2, -0.15) is 5.10 Å². The second-order valence-electron chi connectivity index (χ2n) is 5.96. The first-order chi connectivity index (χ1) is 12.3. The van der Waals surface area contributed by atoms with Gasteiger partial charge in [-0.3, -0.25) is 9.48 Å². The van der Waals surface area contributed by atoms with E-state index < -0.39 is 9.84 Å². The molecule has 0 saturated carbocycles. The highest BCUT2D eigenvalue weighted by molar-refractivity contribution is 7.91. The number of hydrogen-bond donors (Lipinski definition) is 1. The highest BCUT2D eigenvalue weighted by Gasteiger charge is 2.18. The Labute approximate surface area is 156 Å². The number of rotatable bonds is 5. The van der Waals surface area contributed by atoms with Gasteiger partial charge >= 0.3 is 0 Å². The fourth-order valence-corrected chi connectivity index (χ4v) is 3.90. The minimum atomic E-state index is -3.47. The highest BCUT2D eigenvalue weighted by Crippen LogP contribution is 2.28. The van der Waals surface area contributed by atoms with Crippen molar-refractivity contribution >= 4 is 43.9 Å². The van der Waals surface area contributed by atoms with Crippen LogP contribution in [0.4, 0.5) is 5.69 Å². The maximum atomic E-state index is 12.4. The Morgan fingerprint density at radius 3 is 2.65 bits per heavy atom.